The summed E-state index contributed by atoms with van der Waals surface area (Å²) in [5, 5.41) is 9.54. The number of hydrogen-bond donors (Lipinski definition) is 2. The van der Waals surface area contributed by atoms with Crippen LogP contribution in [0.5, 0.6) is 0 Å². The van der Waals surface area contributed by atoms with Gasteiger partial charge in [-0.25, -0.2) is 4.98 Å². The van der Waals surface area contributed by atoms with Crippen molar-refractivity contribution in [1.29, 1.82) is 0 Å². The van der Waals surface area contributed by atoms with Gasteiger partial charge in [0.2, 0.25) is 5.91 Å². The van der Waals surface area contributed by atoms with Gasteiger partial charge in [0.1, 0.15) is 0 Å². The van der Waals surface area contributed by atoms with Gasteiger partial charge in [-0.05, 0) is 80.6 Å². The first kappa shape index (κ1) is 25.1. The lowest BCUT2D eigenvalue weighted by molar-refractivity contribution is -0.133. The minimum Gasteiger partial charge on any atom is -0.354 e. The summed E-state index contributed by atoms with van der Waals surface area (Å²) < 4.78 is 0. The Morgan fingerprint density at radius 2 is 1.89 bits per heavy atom. The number of likely N-dealkylation sites (tertiary alicyclic amines) is 1. The van der Waals surface area contributed by atoms with E-state index in [0.717, 1.165) is 86.3 Å². The van der Waals surface area contributed by atoms with Crippen LogP contribution in [0.15, 0.2) is 36.7 Å². The van der Waals surface area contributed by atoms with Gasteiger partial charge < -0.3 is 14.8 Å². The summed E-state index contributed by atoms with van der Waals surface area (Å²) in [7, 11) is 2.17. The van der Waals surface area contributed by atoms with Crippen LogP contribution in [0.25, 0.3) is 33.2 Å². The summed E-state index contributed by atoms with van der Waals surface area (Å²) in [6.07, 6.45) is 6.89. The molecule has 3 aromatic heterocycles. The molecule has 6 rings (SSSR count). The fraction of sp³-hybridized carbons (Fsp3) is 0.500. The molecule has 0 radical (unpaired) electrons. The van der Waals surface area contributed by atoms with Crippen molar-refractivity contribution in [2.24, 2.45) is 0 Å². The number of aromatic nitrogens is 4. The molecule has 4 aromatic rings. The van der Waals surface area contributed by atoms with Crippen LogP contribution in [0, 0.1) is 0 Å². The fourth-order valence-corrected chi connectivity index (χ4v) is 6.38. The Morgan fingerprint density at radius 1 is 1.05 bits per heavy atom. The zero-order chi connectivity index (χ0) is 26.2. The standard InChI is InChI=1S/C30H39N7O/c1-20(2)28-24-17-22(5-6-26(24)33-29(28)23-7-10-31-30-25(23)18-32-34-30)21-8-13-37(14-9-21)27(38)19-36-12-4-11-35(3)15-16-36/h5-7,10,17-18,20-21,33H,4,8-9,11-16,19H2,1-3H3,(H,31,32,34). The summed E-state index contributed by atoms with van der Waals surface area (Å²) >= 11 is 0. The highest BCUT2D eigenvalue weighted by Crippen LogP contribution is 2.39. The largest absolute Gasteiger partial charge is 0.354 e. The molecule has 38 heavy (non-hydrogen) atoms. The molecule has 2 N–H and O–H groups in total. The van der Waals surface area contributed by atoms with Crippen LogP contribution in [-0.4, -0.2) is 93.6 Å². The summed E-state index contributed by atoms with van der Waals surface area (Å²) in [5.74, 6) is 1.14. The number of piperidine rings is 1. The van der Waals surface area contributed by atoms with Gasteiger partial charge in [0.25, 0.3) is 0 Å². The molecule has 0 aliphatic carbocycles. The van der Waals surface area contributed by atoms with Crippen LogP contribution >= 0.6 is 0 Å². The quantitative estimate of drug-likeness (QED) is 0.408. The number of nitrogens with zero attached hydrogens (tertiary/aromatic N) is 5. The van der Waals surface area contributed by atoms with E-state index < -0.39 is 0 Å². The highest BCUT2D eigenvalue weighted by molar-refractivity contribution is 5.98. The molecule has 0 spiro atoms. The first-order chi connectivity index (χ1) is 18.5. The number of rotatable bonds is 5. The molecule has 1 aromatic carbocycles. The minimum absolute atomic E-state index is 0.295. The molecule has 0 bridgehead atoms. The van der Waals surface area contributed by atoms with E-state index in [0.29, 0.717) is 24.3 Å². The number of likely N-dealkylation sites (N-methyl/N-ethyl adjacent to an activating group) is 1. The normalized spacial score (nSPS) is 18.6. The van der Waals surface area contributed by atoms with E-state index in [1.54, 1.807) is 0 Å². The van der Waals surface area contributed by atoms with E-state index in [1.807, 2.05) is 12.4 Å². The number of hydrogen-bond acceptors (Lipinski definition) is 5. The van der Waals surface area contributed by atoms with Crippen molar-refractivity contribution in [1.82, 2.24) is 34.9 Å². The van der Waals surface area contributed by atoms with Crippen LogP contribution in [0.2, 0.25) is 0 Å². The monoisotopic (exact) mass is 513 g/mol. The fourth-order valence-electron chi connectivity index (χ4n) is 6.38. The van der Waals surface area contributed by atoms with Crippen molar-refractivity contribution >= 4 is 27.8 Å². The molecular formula is C30H39N7O. The molecule has 0 unspecified atom stereocenters. The van der Waals surface area contributed by atoms with Gasteiger partial charge in [-0.1, -0.05) is 19.9 Å². The van der Waals surface area contributed by atoms with E-state index in [-0.39, 0.29) is 0 Å². The molecule has 5 heterocycles. The number of fused-ring (bicyclic) bond motifs is 2. The predicted molar refractivity (Wildman–Crippen MR) is 152 cm³/mol. The molecule has 0 saturated carbocycles. The molecule has 8 heteroatoms. The van der Waals surface area contributed by atoms with Crippen molar-refractivity contribution in [2.45, 2.75) is 44.9 Å². The average molecular weight is 514 g/mol. The predicted octanol–water partition coefficient (Wildman–Crippen LogP) is 4.57. The molecule has 0 atom stereocenters. The summed E-state index contributed by atoms with van der Waals surface area (Å²) in [5.41, 5.74) is 6.98. The highest BCUT2D eigenvalue weighted by Gasteiger charge is 2.26. The second-order valence-corrected chi connectivity index (χ2v) is 11.5. The van der Waals surface area contributed by atoms with Crippen molar-refractivity contribution in [2.75, 3.05) is 52.9 Å². The van der Waals surface area contributed by atoms with E-state index in [9.17, 15) is 4.79 Å². The minimum atomic E-state index is 0.295. The summed E-state index contributed by atoms with van der Waals surface area (Å²) in [6, 6.07) is 8.99. The lowest BCUT2D eigenvalue weighted by Crippen LogP contribution is -2.44. The van der Waals surface area contributed by atoms with Crippen molar-refractivity contribution in [3.05, 3.63) is 47.8 Å². The number of aromatic amines is 2. The number of H-pyrrole nitrogens is 2. The second kappa shape index (κ2) is 10.5. The van der Waals surface area contributed by atoms with Crippen LogP contribution in [0.3, 0.4) is 0 Å². The Morgan fingerprint density at radius 3 is 2.71 bits per heavy atom. The van der Waals surface area contributed by atoms with Gasteiger partial charge >= 0.3 is 0 Å². The highest BCUT2D eigenvalue weighted by atomic mass is 16.2. The molecule has 2 aliphatic heterocycles. The third kappa shape index (κ3) is 4.83. The number of pyridine rings is 1. The van der Waals surface area contributed by atoms with Crippen molar-refractivity contribution in [3.63, 3.8) is 0 Å². The van der Waals surface area contributed by atoms with E-state index in [4.69, 9.17) is 0 Å². The maximum atomic E-state index is 13.1. The van der Waals surface area contributed by atoms with Crippen molar-refractivity contribution in [3.8, 4) is 11.3 Å². The van der Waals surface area contributed by atoms with Gasteiger partial charge in [-0.2, -0.15) is 5.10 Å². The molecular weight excluding hydrogens is 474 g/mol. The third-order valence-electron chi connectivity index (χ3n) is 8.55. The molecule has 2 fully saturated rings. The van der Waals surface area contributed by atoms with Crippen LogP contribution in [0.4, 0.5) is 0 Å². The average Bonchev–Trinajstić information content (AvgIpc) is 3.50. The summed E-state index contributed by atoms with van der Waals surface area (Å²) in [4.78, 5) is 28.0. The molecule has 8 nitrogen and oxygen atoms in total. The lowest BCUT2D eigenvalue weighted by Gasteiger charge is -2.33. The molecule has 2 aliphatic rings. The smallest absolute Gasteiger partial charge is 0.236 e. The zero-order valence-electron chi connectivity index (χ0n) is 22.8. The SMILES string of the molecule is CC(C)c1c(-c2ccnc3[nH]ncc23)[nH]c2ccc(C3CCN(C(=O)CN4CCCN(C)CC4)CC3)cc12. The Bertz CT molecular complexity index is 1430. The Balaban J connectivity index is 1.19. The second-order valence-electron chi connectivity index (χ2n) is 11.5. The first-order valence-electron chi connectivity index (χ1n) is 14.1. The summed E-state index contributed by atoms with van der Waals surface area (Å²) in [6.45, 7) is 11.0. The Kier molecular flexibility index (Phi) is 6.93. The van der Waals surface area contributed by atoms with E-state index in [2.05, 4.69) is 80.0 Å². The van der Waals surface area contributed by atoms with Gasteiger partial charge in [-0.3, -0.25) is 14.8 Å². The number of carbonyl (C=O) groups excluding carboxylic acids is 1. The van der Waals surface area contributed by atoms with Crippen molar-refractivity contribution < 1.29 is 4.79 Å². The zero-order valence-corrected chi connectivity index (χ0v) is 22.8. The maximum Gasteiger partial charge on any atom is 0.236 e. The molecule has 2 saturated heterocycles. The Hall–Kier alpha value is -3.23. The van der Waals surface area contributed by atoms with Gasteiger partial charge in [-0.15, -0.1) is 0 Å². The van der Waals surface area contributed by atoms with Crippen LogP contribution < -0.4 is 0 Å². The first-order valence-corrected chi connectivity index (χ1v) is 14.1. The number of benzene rings is 1. The van der Waals surface area contributed by atoms with E-state index in [1.165, 1.54) is 16.5 Å². The molecule has 200 valence electrons. The van der Waals surface area contributed by atoms with Crippen LogP contribution in [-0.2, 0) is 4.79 Å². The van der Waals surface area contributed by atoms with E-state index >= 15 is 0 Å². The van der Waals surface area contributed by atoms with Crippen LogP contribution in [0.1, 0.15) is 56.1 Å². The Labute approximate surface area is 224 Å². The van der Waals surface area contributed by atoms with Gasteiger partial charge in [0, 0.05) is 54.2 Å². The topological polar surface area (TPSA) is 84.1 Å². The number of amides is 1. The van der Waals surface area contributed by atoms with Gasteiger partial charge in [0.15, 0.2) is 5.65 Å². The maximum absolute atomic E-state index is 13.1. The van der Waals surface area contributed by atoms with Gasteiger partial charge in [0.05, 0.1) is 18.4 Å². The number of nitrogens with one attached hydrogen (secondary N) is 2. The number of carbonyl (C=O) groups is 1. The molecule has 1 amide bonds. The lowest BCUT2D eigenvalue weighted by atomic mass is 9.87. The third-order valence-corrected chi connectivity index (χ3v) is 8.55.